The third kappa shape index (κ3) is 3.18. The summed E-state index contributed by atoms with van der Waals surface area (Å²) in [5.41, 5.74) is 2.00. The van der Waals surface area contributed by atoms with Gasteiger partial charge in [-0.25, -0.2) is 0 Å². The quantitative estimate of drug-likeness (QED) is 0.822. The topological polar surface area (TPSA) is 64.9 Å². The SMILES string of the molecule is CC(C)(C)NCC(N=O)c1ccc2c(c1)C(C)(C)N(O)C2(C)C. The van der Waals surface area contributed by atoms with Crippen LogP contribution in [0.1, 0.15) is 71.2 Å². The van der Waals surface area contributed by atoms with Gasteiger partial charge in [0, 0.05) is 12.1 Å². The number of nitrogens with one attached hydrogen (secondary N) is 1. The average Bonchev–Trinajstić information content (AvgIpc) is 2.57. The summed E-state index contributed by atoms with van der Waals surface area (Å²) in [6.07, 6.45) is 0. The summed E-state index contributed by atoms with van der Waals surface area (Å²) in [5, 5.41) is 18.6. The van der Waals surface area contributed by atoms with E-state index in [0.717, 1.165) is 16.7 Å². The van der Waals surface area contributed by atoms with E-state index in [1.807, 2.05) is 45.9 Å². The Bertz CT molecular complexity index is 603. The molecule has 0 saturated heterocycles. The molecule has 0 saturated carbocycles. The molecule has 0 aromatic heterocycles. The Morgan fingerprint density at radius 2 is 1.74 bits per heavy atom. The van der Waals surface area contributed by atoms with Crippen LogP contribution in [0.4, 0.5) is 0 Å². The second-order valence-electron chi connectivity index (χ2n) is 8.49. The maximum atomic E-state index is 11.3. The van der Waals surface area contributed by atoms with Crippen molar-refractivity contribution in [3.63, 3.8) is 0 Å². The first-order valence-electron chi connectivity index (χ1n) is 8.13. The van der Waals surface area contributed by atoms with Gasteiger partial charge in [-0.1, -0.05) is 23.4 Å². The minimum absolute atomic E-state index is 0.0666. The first-order chi connectivity index (χ1) is 10.4. The van der Waals surface area contributed by atoms with Crippen molar-refractivity contribution in [3.05, 3.63) is 39.8 Å². The second kappa shape index (κ2) is 5.65. The van der Waals surface area contributed by atoms with Crippen molar-refractivity contribution in [1.82, 2.24) is 10.4 Å². The lowest BCUT2D eigenvalue weighted by Crippen LogP contribution is -2.42. The van der Waals surface area contributed by atoms with Gasteiger partial charge in [0.25, 0.3) is 0 Å². The number of hydrogen-bond donors (Lipinski definition) is 2. The number of nitrogens with zero attached hydrogens (tertiary/aromatic N) is 2. The second-order valence-corrected chi connectivity index (χ2v) is 8.49. The summed E-state index contributed by atoms with van der Waals surface area (Å²) in [6, 6.07) is 5.54. The molecule has 2 N–H and O–H groups in total. The number of fused-ring (bicyclic) bond motifs is 1. The predicted octanol–water partition coefficient (Wildman–Crippen LogP) is 4.06. The molecule has 5 heteroatoms. The highest BCUT2D eigenvalue weighted by molar-refractivity contribution is 5.45. The van der Waals surface area contributed by atoms with E-state index in [4.69, 9.17) is 0 Å². The molecule has 0 fully saturated rings. The van der Waals surface area contributed by atoms with Crippen molar-refractivity contribution in [3.8, 4) is 0 Å². The first kappa shape index (κ1) is 18.0. The average molecular weight is 319 g/mol. The largest absolute Gasteiger partial charge is 0.312 e. The fourth-order valence-electron chi connectivity index (χ4n) is 3.35. The number of nitroso groups, excluding NO2 is 1. The molecule has 0 aliphatic carbocycles. The smallest absolute Gasteiger partial charge is 0.129 e. The van der Waals surface area contributed by atoms with Crippen molar-refractivity contribution >= 4 is 0 Å². The minimum atomic E-state index is -0.500. The molecule has 0 bridgehead atoms. The van der Waals surface area contributed by atoms with E-state index in [1.54, 1.807) is 0 Å². The third-order valence-corrected chi connectivity index (χ3v) is 4.76. The van der Waals surface area contributed by atoms with Gasteiger partial charge in [-0.2, -0.15) is 9.97 Å². The van der Waals surface area contributed by atoms with Crippen LogP contribution in [-0.2, 0) is 11.1 Å². The number of rotatable bonds is 4. The van der Waals surface area contributed by atoms with Crippen LogP contribution in [-0.4, -0.2) is 22.4 Å². The first-order valence-corrected chi connectivity index (χ1v) is 8.13. The van der Waals surface area contributed by atoms with Crippen molar-refractivity contribution in [2.45, 2.75) is 71.1 Å². The van der Waals surface area contributed by atoms with E-state index in [1.165, 1.54) is 5.06 Å². The highest BCUT2D eigenvalue weighted by Gasteiger charge is 2.48. The number of benzene rings is 1. The Labute approximate surface area is 139 Å². The molecule has 0 spiro atoms. The lowest BCUT2D eigenvalue weighted by Gasteiger charge is -2.34. The Kier molecular flexibility index (Phi) is 4.43. The van der Waals surface area contributed by atoms with Gasteiger partial charge in [0.1, 0.15) is 6.04 Å². The molecule has 1 atom stereocenters. The van der Waals surface area contributed by atoms with Crippen molar-refractivity contribution < 1.29 is 5.21 Å². The standard InChI is InChI=1S/C18H29N3O2/c1-16(2,3)19-11-15(20-22)12-8-9-13-14(10-12)18(6,7)21(23)17(13,4)5/h8-10,15,19,23H,11H2,1-7H3. The van der Waals surface area contributed by atoms with Gasteiger partial charge < -0.3 is 10.5 Å². The van der Waals surface area contributed by atoms with Crippen LogP contribution in [0.5, 0.6) is 0 Å². The Hall–Kier alpha value is -1.30. The van der Waals surface area contributed by atoms with Crippen LogP contribution in [0.2, 0.25) is 0 Å². The molecule has 1 heterocycles. The molecule has 128 valence electrons. The normalized spacial score (nSPS) is 21.0. The zero-order valence-corrected chi connectivity index (χ0v) is 15.3. The Morgan fingerprint density at radius 3 is 2.26 bits per heavy atom. The van der Waals surface area contributed by atoms with Gasteiger partial charge in [0.15, 0.2) is 0 Å². The van der Waals surface area contributed by atoms with Crippen LogP contribution < -0.4 is 5.32 Å². The van der Waals surface area contributed by atoms with Crippen LogP contribution in [0.3, 0.4) is 0 Å². The summed E-state index contributed by atoms with van der Waals surface area (Å²) in [7, 11) is 0. The number of hydroxylamine groups is 2. The Morgan fingerprint density at radius 1 is 1.17 bits per heavy atom. The van der Waals surface area contributed by atoms with Gasteiger partial charge in [-0.15, -0.1) is 0 Å². The van der Waals surface area contributed by atoms with E-state index < -0.39 is 17.1 Å². The molecule has 1 aliphatic heterocycles. The lowest BCUT2D eigenvalue weighted by molar-refractivity contribution is -0.216. The van der Waals surface area contributed by atoms with E-state index in [0.29, 0.717) is 6.54 Å². The minimum Gasteiger partial charge on any atom is -0.312 e. The summed E-state index contributed by atoms with van der Waals surface area (Å²) < 4.78 is 0. The maximum Gasteiger partial charge on any atom is 0.129 e. The van der Waals surface area contributed by atoms with Gasteiger partial charge in [-0.3, -0.25) is 0 Å². The van der Waals surface area contributed by atoms with E-state index in [9.17, 15) is 10.1 Å². The molecule has 1 aromatic carbocycles. The summed E-state index contributed by atoms with van der Waals surface area (Å²) >= 11 is 0. The summed E-state index contributed by atoms with van der Waals surface area (Å²) in [5.74, 6) is 0. The van der Waals surface area contributed by atoms with Crippen LogP contribution in [0.25, 0.3) is 0 Å². The summed E-state index contributed by atoms with van der Waals surface area (Å²) in [4.78, 5) is 11.3. The predicted molar refractivity (Wildman–Crippen MR) is 92.4 cm³/mol. The van der Waals surface area contributed by atoms with Crippen molar-refractivity contribution in [2.24, 2.45) is 5.18 Å². The van der Waals surface area contributed by atoms with Crippen LogP contribution in [0.15, 0.2) is 23.4 Å². The van der Waals surface area contributed by atoms with Gasteiger partial charge in [0.05, 0.1) is 11.1 Å². The van der Waals surface area contributed by atoms with E-state index in [-0.39, 0.29) is 5.54 Å². The highest BCUT2D eigenvalue weighted by atomic mass is 16.5. The molecule has 0 amide bonds. The third-order valence-electron chi connectivity index (χ3n) is 4.76. The van der Waals surface area contributed by atoms with Gasteiger partial charge >= 0.3 is 0 Å². The summed E-state index contributed by atoms with van der Waals surface area (Å²) in [6.45, 7) is 14.7. The molecule has 23 heavy (non-hydrogen) atoms. The van der Waals surface area contributed by atoms with Crippen molar-refractivity contribution in [2.75, 3.05) is 6.54 Å². The Balaban J connectivity index is 2.38. The highest BCUT2D eigenvalue weighted by Crippen LogP contribution is 2.48. The van der Waals surface area contributed by atoms with Gasteiger partial charge in [-0.05, 0) is 65.2 Å². The fourth-order valence-corrected chi connectivity index (χ4v) is 3.35. The van der Waals surface area contributed by atoms with E-state index in [2.05, 4.69) is 31.3 Å². The molecule has 1 unspecified atom stereocenters. The molecule has 1 aromatic rings. The molecular weight excluding hydrogens is 290 g/mol. The molecule has 5 nitrogen and oxygen atoms in total. The molecule has 1 aliphatic rings. The molecular formula is C18H29N3O2. The lowest BCUT2D eigenvalue weighted by atomic mass is 9.88. The molecule has 0 radical (unpaired) electrons. The maximum absolute atomic E-state index is 11.3. The van der Waals surface area contributed by atoms with Crippen molar-refractivity contribution in [1.29, 1.82) is 0 Å². The fraction of sp³-hybridized carbons (Fsp3) is 0.667. The number of hydrogen-bond acceptors (Lipinski definition) is 5. The zero-order chi connectivity index (χ0) is 17.6. The molecule has 2 rings (SSSR count). The zero-order valence-electron chi connectivity index (χ0n) is 15.3. The van der Waals surface area contributed by atoms with E-state index >= 15 is 0 Å². The van der Waals surface area contributed by atoms with Crippen LogP contribution in [0, 0.1) is 4.91 Å². The monoisotopic (exact) mass is 319 g/mol. The van der Waals surface area contributed by atoms with Gasteiger partial charge in [0.2, 0.25) is 0 Å². The van der Waals surface area contributed by atoms with Crippen LogP contribution >= 0.6 is 0 Å².